The Morgan fingerprint density at radius 3 is 2.75 bits per heavy atom. The van der Waals surface area contributed by atoms with Gasteiger partial charge in [-0.3, -0.25) is 4.57 Å². The summed E-state index contributed by atoms with van der Waals surface area (Å²) >= 11 is 0. The summed E-state index contributed by atoms with van der Waals surface area (Å²) in [6.45, 7) is -0.479. The van der Waals surface area contributed by atoms with E-state index in [4.69, 9.17) is 14.6 Å². The highest BCUT2D eigenvalue weighted by atomic mass is 16.6. The fraction of sp³-hybridized carbons (Fsp3) is 0.333. The predicted octanol–water partition coefficient (Wildman–Crippen LogP) is -0.296. The van der Waals surface area contributed by atoms with Crippen molar-refractivity contribution in [3.63, 3.8) is 0 Å². The number of nitrogens with one attached hydrogen (secondary N) is 1. The van der Waals surface area contributed by atoms with Gasteiger partial charge in [-0.05, 0) is 12.1 Å². The van der Waals surface area contributed by atoms with E-state index < -0.39 is 36.8 Å². The van der Waals surface area contributed by atoms with Gasteiger partial charge >= 0.3 is 5.69 Å². The van der Waals surface area contributed by atoms with Crippen LogP contribution in [-0.2, 0) is 4.74 Å². The summed E-state index contributed by atoms with van der Waals surface area (Å²) in [7, 11) is 0. The second-order valence-corrected chi connectivity index (χ2v) is 5.60. The Bertz CT molecular complexity index is 838. The number of hydrogen-bond acceptors (Lipinski definition) is 8. The molecule has 1 saturated heterocycles. The van der Waals surface area contributed by atoms with Crippen LogP contribution in [0.4, 0.5) is 11.5 Å². The predicted molar refractivity (Wildman–Crippen MR) is 81.3 cm³/mol. The Labute approximate surface area is 135 Å². The van der Waals surface area contributed by atoms with E-state index in [0.29, 0.717) is 11.4 Å². The SMILES string of the molecule is O=c1nc2c(cn1[C@@H]1O[C@H](CO)[C@@H](O)[C@H]1O)Oc1ccccc1N2. The van der Waals surface area contributed by atoms with Gasteiger partial charge in [0.2, 0.25) is 0 Å². The third kappa shape index (κ3) is 2.26. The average molecular weight is 333 g/mol. The number of hydrogen-bond donors (Lipinski definition) is 4. The first-order valence-electron chi connectivity index (χ1n) is 7.38. The monoisotopic (exact) mass is 333 g/mol. The summed E-state index contributed by atoms with van der Waals surface area (Å²) in [4.78, 5) is 16.2. The first kappa shape index (κ1) is 15.1. The molecule has 4 rings (SSSR count). The summed E-state index contributed by atoms with van der Waals surface area (Å²) < 4.78 is 12.1. The van der Waals surface area contributed by atoms with Crippen LogP contribution in [0.3, 0.4) is 0 Å². The summed E-state index contributed by atoms with van der Waals surface area (Å²) in [5.74, 6) is 1.10. The van der Waals surface area contributed by atoms with E-state index in [9.17, 15) is 15.0 Å². The van der Waals surface area contributed by atoms with Crippen molar-refractivity contribution in [3.8, 4) is 11.5 Å². The van der Waals surface area contributed by atoms with Crippen molar-refractivity contribution >= 4 is 11.5 Å². The molecule has 0 spiro atoms. The van der Waals surface area contributed by atoms with Gasteiger partial charge in [-0.15, -0.1) is 0 Å². The number of aromatic nitrogens is 2. The molecule has 0 bridgehead atoms. The zero-order valence-corrected chi connectivity index (χ0v) is 12.4. The summed E-state index contributed by atoms with van der Waals surface area (Å²) in [5.41, 5.74) is 0.00152. The minimum Gasteiger partial charge on any atom is -0.450 e. The van der Waals surface area contributed by atoms with Crippen LogP contribution < -0.4 is 15.7 Å². The van der Waals surface area contributed by atoms with Crippen molar-refractivity contribution in [1.82, 2.24) is 9.55 Å². The number of ether oxygens (including phenoxy) is 2. The molecule has 3 heterocycles. The van der Waals surface area contributed by atoms with E-state index in [1.54, 1.807) is 18.2 Å². The van der Waals surface area contributed by atoms with Crippen LogP contribution >= 0.6 is 0 Å². The number of para-hydroxylation sites is 2. The van der Waals surface area contributed by atoms with Crippen LogP contribution in [0, 0.1) is 0 Å². The molecule has 1 fully saturated rings. The molecule has 9 heteroatoms. The van der Waals surface area contributed by atoms with Gasteiger partial charge in [-0.1, -0.05) is 12.1 Å². The Hall–Kier alpha value is -2.46. The summed E-state index contributed by atoms with van der Waals surface area (Å²) in [5, 5.41) is 32.1. The normalized spacial score (nSPS) is 27.8. The van der Waals surface area contributed by atoms with Gasteiger partial charge in [0.1, 0.15) is 18.3 Å². The highest BCUT2D eigenvalue weighted by Crippen LogP contribution is 2.40. The third-order valence-electron chi connectivity index (χ3n) is 4.07. The molecule has 1 aromatic heterocycles. The lowest BCUT2D eigenvalue weighted by Gasteiger charge is -2.23. The molecule has 0 aliphatic carbocycles. The number of benzene rings is 1. The molecular weight excluding hydrogens is 318 g/mol. The van der Waals surface area contributed by atoms with Crippen molar-refractivity contribution < 1.29 is 24.8 Å². The number of fused-ring (bicyclic) bond motifs is 2. The molecule has 9 nitrogen and oxygen atoms in total. The number of rotatable bonds is 2. The highest BCUT2D eigenvalue weighted by Gasteiger charge is 2.44. The van der Waals surface area contributed by atoms with Gasteiger partial charge in [0.25, 0.3) is 0 Å². The minimum absolute atomic E-state index is 0.252. The largest absolute Gasteiger partial charge is 0.450 e. The first-order chi connectivity index (χ1) is 11.6. The number of nitrogens with zero attached hydrogens (tertiary/aromatic N) is 2. The molecule has 126 valence electrons. The van der Waals surface area contributed by atoms with E-state index in [1.165, 1.54) is 6.20 Å². The fourth-order valence-electron chi connectivity index (χ4n) is 2.81. The molecule has 4 atom stereocenters. The summed E-state index contributed by atoms with van der Waals surface area (Å²) in [6, 6.07) is 7.17. The Balaban J connectivity index is 1.72. The molecule has 4 N–H and O–H groups in total. The standard InChI is InChI=1S/C15H15N3O6/c19-6-10-11(20)12(21)14(24-10)18-5-9-13(17-15(18)22)16-7-3-1-2-4-8(7)23-9/h1-5,10-12,14,19-21H,6H2,(H,16,17,22)/t10-,11-,12-,14-/m1/s1. The number of aliphatic hydroxyl groups is 3. The van der Waals surface area contributed by atoms with Gasteiger partial charge in [0.05, 0.1) is 18.5 Å². The maximum Gasteiger partial charge on any atom is 0.351 e. The number of anilines is 2. The molecular formula is C15H15N3O6. The topological polar surface area (TPSA) is 126 Å². The first-order valence-corrected chi connectivity index (χ1v) is 7.38. The second-order valence-electron chi connectivity index (χ2n) is 5.60. The van der Waals surface area contributed by atoms with Crippen LogP contribution in [0.15, 0.2) is 35.3 Å². The Morgan fingerprint density at radius 1 is 1.21 bits per heavy atom. The van der Waals surface area contributed by atoms with Crippen molar-refractivity contribution in [2.45, 2.75) is 24.5 Å². The Kier molecular flexibility index (Phi) is 3.50. The fourth-order valence-corrected chi connectivity index (χ4v) is 2.81. The second kappa shape index (κ2) is 5.56. The van der Waals surface area contributed by atoms with Crippen LogP contribution in [0.25, 0.3) is 0 Å². The van der Waals surface area contributed by atoms with E-state index in [2.05, 4.69) is 10.3 Å². The van der Waals surface area contributed by atoms with Crippen molar-refractivity contribution in [2.24, 2.45) is 0 Å². The molecule has 0 amide bonds. The third-order valence-corrected chi connectivity index (χ3v) is 4.07. The van der Waals surface area contributed by atoms with E-state index in [1.807, 2.05) is 6.07 Å². The van der Waals surface area contributed by atoms with Crippen LogP contribution in [0.5, 0.6) is 11.5 Å². The lowest BCUT2D eigenvalue weighted by atomic mass is 10.1. The van der Waals surface area contributed by atoms with Crippen molar-refractivity contribution in [2.75, 3.05) is 11.9 Å². The van der Waals surface area contributed by atoms with Gasteiger partial charge < -0.3 is 30.1 Å². The van der Waals surface area contributed by atoms with Crippen molar-refractivity contribution in [1.29, 1.82) is 0 Å². The van der Waals surface area contributed by atoms with Crippen LogP contribution in [0.2, 0.25) is 0 Å². The molecule has 2 aliphatic heterocycles. The molecule has 2 aliphatic rings. The van der Waals surface area contributed by atoms with Crippen LogP contribution in [0.1, 0.15) is 6.23 Å². The highest BCUT2D eigenvalue weighted by molar-refractivity contribution is 5.72. The molecule has 24 heavy (non-hydrogen) atoms. The average Bonchev–Trinajstić information content (AvgIpc) is 2.87. The maximum atomic E-state index is 12.3. The van der Waals surface area contributed by atoms with E-state index in [0.717, 1.165) is 4.57 Å². The van der Waals surface area contributed by atoms with Gasteiger partial charge in [-0.25, -0.2) is 4.79 Å². The lowest BCUT2D eigenvalue weighted by molar-refractivity contribution is -0.0551. The van der Waals surface area contributed by atoms with Gasteiger partial charge in [0.15, 0.2) is 23.5 Å². The lowest BCUT2D eigenvalue weighted by Crippen LogP contribution is -2.36. The van der Waals surface area contributed by atoms with E-state index in [-0.39, 0.29) is 11.6 Å². The van der Waals surface area contributed by atoms with Crippen molar-refractivity contribution in [3.05, 3.63) is 40.9 Å². The molecule has 1 aromatic carbocycles. The van der Waals surface area contributed by atoms with E-state index >= 15 is 0 Å². The molecule has 0 saturated carbocycles. The van der Waals surface area contributed by atoms with Gasteiger partial charge in [0, 0.05) is 0 Å². The smallest absolute Gasteiger partial charge is 0.351 e. The van der Waals surface area contributed by atoms with Crippen LogP contribution in [-0.4, -0.2) is 49.8 Å². The zero-order valence-electron chi connectivity index (χ0n) is 12.4. The molecule has 0 unspecified atom stereocenters. The quantitative estimate of drug-likeness (QED) is 0.504. The minimum atomic E-state index is -1.37. The molecule has 0 radical (unpaired) electrons. The number of aliphatic hydroxyl groups excluding tert-OH is 3. The maximum absolute atomic E-state index is 12.3. The Morgan fingerprint density at radius 2 is 2.00 bits per heavy atom. The zero-order chi connectivity index (χ0) is 16.8. The summed E-state index contributed by atoms with van der Waals surface area (Å²) in [6.07, 6.45) is -3.46. The molecule has 2 aromatic rings. The van der Waals surface area contributed by atoms with Gasteiger partial charge in [-0.2, -0.15) is 4.98 Å².